The van der Waals surface area contributed by atoms with Gasteiger partial charge in [-0.15, -0.1) is 0 Å². The Morgan fingerprint density at radius 2 is 2.05 bits per heavy atom. The quantitative estimate of drug-likeness (QED) is 0.846. The summed E-state index contributed by atoms with van der Waals surface area (Å²) >= 11 is 0. The van der Waals surface area contributed by atoms with Gasteiger partial charge in [0.15, 0.2) is 0 Å². The molecule has 20 heavy (non-hydrogen) atoms. The Kier molecular flexibility index (Phi) is 4.40. The first kappa shape index (κ1) is 14.1. The highest BCUT2D eigenvalue weighted by atomic mass is 16.4. The van der Waals surface area contributed by atoms with Crippen molar-refractivity contribution in [2.24, 2.45) is 0 Å². The van der Waals surface area contributed by atoms with Crippen molar-refractivity contribution in [2.75, 3.05) is 13.6 Å². The average molecular weight is 274 g/mol. The summed E-state index contributed by atoms with van der Waals surface area (Å²) in [5.74, 6) is -0.831. The molecule has 0 aliphatic rings. The van der Waals surface area contributed by atoms with Crippen molar-refractivity contribution >= 4 is 22.8 Å². The highest BCUT2D eigenvalue weighted by Crippen LogP contribution is 2.18. The van der Waals surface area contributed by atoms with Crippen molar-refractivity contribution in [3.8, 4) is 0 Å². The van der Waals surface area contributed by atoms with Crippen molar-refractivity contribution in [3.63, 3.8) is 0 Å². The van der Waals surface area contributed by atoms with E-state index in [0.717, 1.165) is 16.5 Å². The second-order valence-corrected chi connectivity index (χ2v) is 4.85. The van der Waals surface area contributed by atoms with Gasteiger partial charge in [0, 0.05) is 37.1 Å². The van der Waals surface area contributed by atoms with E-state index in [0.29, 0.717) is 19.4 Å². The van der Waals surface area contributed by atoms with Gasteiger partial charge in [0.05, 0.1) is 6.42 Å². The van der Waals surface area contributed by atoms with Crippen LogP contribution in [0.3, 0.4) is 0 Å². The van der Waals surface area contributed by atoms with Crippen LogP contribution >= 0.6 is 0 Å². The molecule has 0 atom stereocenters. The van der Waals surface area contributed by atoms with E-state index in [2.05, 4.69) is 4.98 Å². The minimum atomic E-state index is -0.831. The minimum Gasteiger partial charge on any atom is -0.481 e. The molecule has 0 aliphatic carbocycles. The van der Waals surface area contributed by atoms with Crippen LogP contribution in [0.15, 0.2) is 30.5 Å². The van der Waals surface area contributed by atoms with Crippen LogP contribution in [0.2, 0.25) is 0 Å². The topological polar surface area (TPSA) is 73.4 Å². The van der Waals surface area contributed by atoms with Crippen molar-refractivity contribution in [3.05, 3.63) is 36.0 Å². The zero-order valence-corrected chi connectivity index (χ0v) is 11.4. The van der Waals surface area contributed by atoms with Crippen LogP contribution in [-0.4, -0.2) is 40.5 Å². The Morgan fingerprint density at radius 1 is 1.30 bits per heavy atom. The van der Waals surface area contributed by atoms with Crippen molar-refractivity contribution in [1.82, 2.24) is 9.88 Å². The van der Waals surface area contributed by atoms with Gasteiger partial charge in [0.25, 0.3) is 0 Å². The van der Waals surface area contributed by atoms with Crippen LogP contribution in [0.4, 0.5) is 0 Å². The van der Waals surface area contributed by atoms with Crippen molar-refractivity contribution in [2.45, 2.75) is 19.3 Å². The summed E-state index contributed by atoms with van der Waals surface area (Å²) in [5, 5.41) is 9.64. The predicted octanol–water partition coefficient (Wildman–Crippen LogP) is 2.03. The Hall–Kier alpha value is -2.30. The van der Waals surface area contributed by atoms with E-state index in [-0.39, 0.29) is 12.3 Å². The Balaban J connectivity index is 1.95. The maximum absolute atomic E-state index is 12.1. The zero-order chi connectivity index (χ0) is 14.5. The average Bonchev–Trinajstić information content (AvgIpc) is 2.81. The Morgan fingerprint density at radius 3 is 2.80 bits per heavy atom. The van der Waals surface area contributed by atoms with Gasteiger partial charge in [-0.3, -0.25) is 9.59 Å². The molecule has 0 spiro atoms. The summed E-state index contributed by atoms with van der Waals surface area (Å²) in [4.78, 5) is 27.3. The molecule has 0 aliphatic heterocycles. The Labute approximate surface area is 117 Å². The summed E-state index contributed by atoms with van der Waals surface area (Å²) in [6.45, 7) is 0.466. The number of carbonyl (C=O) groups is 2. The maximum atomic E-state index is 12.1. The molecule has 1 heterocycles. The molecule has 106 valence electrons. The fourth-order valence-electron chi connectivity index (χ4n) is 2.17. The molecular weight excluding hydrogens is 256 g/mol. The number of carbonyl (C=O) groups excluding carboxylic acids is 1. The van der Waals surface area contributed by atoms with Gasteiger partial charge in [-0.05, 0) is 18.1 Å². The second kappa shape index (κ2) is 6.23. The molecular formula is C15H18N2O3. The number of rotatable bonds is 6. The molecule has 2 N–H and O–H groups in total. The number of benzene rings is 1. The van der Waals surface area contributed by atoms with Crippen molar-refractivity contribution < 1.29 is 14.7 Å². The third kappa shape index (κ3) is 3.38. The van der Waals surface area contributed by atoms with E-state index in [9.17, 15) is 9.59 Å². The molecule has 5 heteroatoms. The van der Waals surface area contributed by atoms with Gasteiger partial charge < -0.3 is 15.0 Å². The first-order valence-electron chi connectivity index (χ1n) is 6.58. The van der Waals surface area contributed by atoms with Crippen LogP contribution in [0.1, 0.15) is 18.4 Å². The monoisotopic (exact) mass is 274 g/mol. The van der Waals surface area contributed by atoms with E-state index in [1.165, 1.54) is 0 Å². The molecule has 0 saturated heterocycles. The molecule has 0 saturated carbocycles. The Bertz CT molecular complexity index is 618. The number of nitrogens with zero attached hydrogens (tertiary/aromatic N) is 1. The number of aromatic nitrogens is 1. The number of amides is 1. The number of likely N-dealkylation sites (N-methyl/N-ethyl adjacent to an activating group) is 1. The standard InChI is InChI=1S/C15H18N2O3/c1-17(8-4-7-15(19)20)14(18)9-11-10-16-13-6-3-2-5-12(11)13/h2-3,5-6,10,16H,4,7-9H2,1H3,(H,19,20). The number of fused-ring (bicyclic) bond motifs is 1. The number of carboxylic acid groups (broad SMARTS) is 1. The number of aliphatic carboxylic acids is 1. The predicted molar refractivity (Wildman–Crippen MR) is 76.5 cm³/mol. The summed E-state index contributed by atoms with van der Waals surface area (Å²) in [7, 11) is 1.71. The lowest BCUT2D eigenvalue weighted by Crippen LogP contribution is -2.29. The number of para-hydroxylation sites is 1. The fraction of sp³-hybridized carbons (Fsp3) is 0.333. The lowest BCUT2D eigenvalue weighted by atomic mass is 10.1. The lowest BCUT2D eigenvalue weighted by Gasteiger charge is -2.16. The largest absolute Gasteiger partial charge is 0.481 e. The highest BCUT2D eigenvalue weighted by molar-refractivity contribution is 5.88. The first-order chi connectivity index (χ1) is 9.58. The van der Waals surface area contributed by atoms with Gasteiger partial charge in [0.1, 0.15) is 0 Å². The number of nitrogens with one attached hydrogen (secondary N) is 1. The van der Waals surface area contributed by atoms with Crippen LogP contribution in [0, 0.1) is 0 Å². The maximum Gasteiger partial charge on any atom is 0.303 e. The summed E-state index contributed by atoms with van der Waals surface area (Å²) in [6.07, 6.45) is 2.75. The second-order valence-electron chi connectivity index (χ2n) is 4.85. The fourth-order valence-corrected chi connectivity index (χ4v) is 2.17. The zero-order valence-electron chi connectivity index (χ0n) is 11.4. The molecule has 2 aromatic rings. The van der Waals surface area contributed by atoms with E-state index in [4.69, 9.17) is 5.11 Å². The number of hydrogen-bond acceptors (Lipinski definition) is 2. The molecule has 0 unspecified atom stereocenters. The molecule has 5 nitrogen and oxygen atoms in total. The molecule has 0 radical (unpaired) electrons. The molecule has 0 bridgehead atoms. The molecule has 1 aromatic heterocycles. The number of aromatic amines is 1. The third-order valence-corrected chi connectivity index (χ3v) is 3.33. The van der Waals surface area contributed by atoms with Crippen LogP contribution < -0.4 is 0 Å². The lowest BCUT2D eigenvalue weighted by molar-refractivity contribution is -0.138. The van der Waals surface area contributed by atoms with Gasteiger partial charge in [-0.2, -0.15) is 0 Å². The molecule has 0 fully saturated rings. The van der Waals surface area contributed by atoms with Crippen molar-refractivity contribution in [1.29, 1.82) is 0 Å². The van der Waals surface area contributed by atoms with E-state index in [1.807, 2.05) is 30.5 Å². The smallest absolute Gasteiger partial charge is 0.303 e. The van der Waals surface area contributed by atoms with Gasteiger partial charge in [0.2, 0.25) is 5.91 Å². The molecule has 1 aromatic carbocycles. The van der Waals surface area contributed by atoms with Crippen LogP contribution in [0.25, 0.3) is 10.9 Å². The SMILES string of the molecule is CN(CCCC(=O)O)C(=O)Cc1c[nH]c2ccccc12. The van der Waals surface area contributed by atoms with Crippen LogP contribution in [0.5, 0.6) is 0 Å². The van der Waals surface area contributed by atoms with E-state index in [1.54, 1.807) is 11.9 Å². The minimum absolute atomic E-state index is 0.000131. The van der Waals surface area contributed by atoms with Gasteiger partial charge >= 0.3 is 5.97 Å². The number of carboxylic acids is 1. The summed E-state index contributed by atoms with van der Waals surface area (Å²) in [6, 6.07) is 7.85. The highest BCUT2D eigenvalue weighted by Gasteiger charge is 2.12. The molecule has 1 amide bonds. The molecule has 2 rings (SSSR count). The normalized spacial score (nSPS) is 10.7. The van der Waals surface area contributed by atoms with E-state index < -0.39 is 5.97 Å². The third-order valence-electron chi connectivity index (χ3n) is 3.33. The first-order valence-corrected chi connectivity index (χ1v) is 6.58. The number of hydrogen-bond donors (Lipinski definition) is 2. The number of H-pyrrole nitrogens is 1. The summed E-state index contributed by atoms with van der Waals surface area (Å²) < 4.78 is 0. The van der Waals surface area contributed by atoms with Crippen LogP contribution in [-0.2, 0) is 16.0 Å². The van der Waals surface area contributed by atoms with E-state index >= 15 is 0 Å². The van der Waals surface area contributed by atoms with Gasteiger partial charge in [-0.1, -0.05) is 18.2 Å². The van der Waals surface area contributed by atoms with Gasteiger partial charge in [-0.25, -0.2) is 0 Å². The summed E-state index contributed by atoms with van der Waals surface area (Å²) in [5.41, 5.74) is 1.99.